The van der Waals surface area contributed by atoms with Crippen molar-refractivity contribution < 1.29 is 26.0 Å². The van der Waals surface area contributed by atoms with Crippen LogP contribution in [0.1, 0.15) is 5.56 Å². The number of hydrogen-bond donors (Lipinski definition) is 0. The average Bonchev–Trinajstić information content (AvgIpc) is 2.44. The van der Waals surface area contributed by atoms with Crippen LogP contribution in [0.4, 0.5) is 23.2 Å². The molecule has 1 aliphatic heterocycles. The monoisotopic (exact) mass is 347 g/mol. The minimum atomic E-state index is -4.68. The van der Waals surface area contributed by atoms with Crippen LogP contribution in [0.25, 0.3) is 0 Å². The van der Waals surface area contributed by atoms with Crippen molar-refractivity contribution in [2.75, 3.05) is 10.8 Å². The van der Waals surface area contributed by atoms with Crippen LogP contribution in [-0.2, 0) is 15.8 Å². The third-order valence-corrected chi connectivity index (χ3v) is 4.69. The lowest BCUT2D eigenvalue weighted by molar-refractivity contribution is -0.117. The average molecular weight is 348 g/mol. The molecule has 2 rings (SSSR count). The van der Waals surface area contributed by atoms with E-state index in [-0.39, 0.29) is 20.0 Å². The molecule has 0 N–H and O–H groups in total. The number of benzene rings is 1. The van der Waals surface area contributed by atoms with Gasteiger partial charge in [-0.15, -0.1) is 0 Å². The Balaban J connectivity index is 2.54. The fourth-order valence-corrected chi connectivity index (χ4v) is 3.69. The molecule has 1 heterocycles. The quantitative estimate of drug-likeness (QED) is 0.732. The van der Waals surface area contributed by atoms with Gasteiger partial charge in [-0.1, -0.05) is 0 Å². The van der Waals surface area contributed by atoms with Gasteiger partial charge in [0.2, 0.25) is 10.0 Å². The lowest BCUT2D eigenvalue weighted by atomic mass is 10.2. The first-order chi connectivity index (χ1) is 8.12. The molecule has 0 radical (unpaired) electrons. The van der Waals surface area contributed by atoms with Crippen molar-refractivity contribution in [1.29, 1.82) is 0 Å². The summed E-state index contributed by atoms with van der Waals surface area (Å²) in [5.74, 6) is -1.61. The molecule has 0 bridgehead atoms. The number of anilines is 1. The zero-order valence-corrected chi connectivity index (χ0v) is 11.0. The summed E-state index contributed by atoms with van der Waals surface area (Å²) >= 11 is 2.86. The molecule has 1 aromatic carbocycles. The highest BCUT2D eigenvalue weighted by Crippen LogP contribution is 2.39. The van der Waals surface area contributed by atoms with Gasteiger partial charge >= 0.3 is 6.18 Å². The summed E-state index contributed by atoms with van der Waals surface area (Å²) in [6.45, 7) is -1.65. The van der Waals surface area contributed by atoms with Crippen molar-refractivity contribution in [2.45, 2.75) is 11.9 Å². The normalized spacial score (nSPS) is 17.9. The van der Waals surface area contributed by atoms with E-state index in [0.29, 0.717) is 0 Å². The molecule has 0 atom stereocenters. The Labute approximate surface area is 109 Å². The second-order valence-corrected chi connectivity index (χ2v) is 6.48. The molecule has 0 unspecified atom stereocenters. The van der Waals surface area contributed by atoms with Crippen molar-refractivity contribution in [1.82, 2.24) is 0 Å². The first kappa shape index (κ1) is 13.6. The molecule has 0 saturated carbocycles. The van der Waals surface area contributed by atoms with Crippen LogP contribution in [0.3, 0.4) is 0 Å². The zero-order valence-electron chi connectivity index (χ0n) is 8.63. The molecular weight excluding hydrogens is 342 g/mol. The molecule has 100 valence electrons. The number of nitrogens with zero attached hydrogens (tertiary/aromatic N) is 1. The standard InChI is InChI=1S/C9H6BrF4NO2S/c10-6-1-2-7-5(8(6)11)3-18(16,17)15(7)4-9(12,13)14/h1-2H,3-4H2. The molecular formula is C9H6BrF4NO2S. The summed E-state index contributed by atoms with van der Waals surface area (Å²) in [7, 11) is -4.17. The van der Waals surface area contributed by atoms with E-state index >= 15 is 0 Å². The Bertz CT molecular complexity index is 599. The lowest BCUT2D eigenvalue weighted by Gasteiger charge is -2.19. The molecule has 0 amide bonds. The zero-order chi connectivity index (χ0) is 13.7. The molecule has 9 heteroatoms. The van der Waals surface area contributed by atoms with Gasteiger partial charge in [-0.3, -0.25) is 4.31 Å². The van der Waals surface area contributed by atoms with Gasteiger partial charge < -0.3 is 0 Å². The highest BCUT2D eigenvalue weighted by molar-refractivity contribution is 9.10. The van der Waals surface area contributed by atoms with E-state index in [4.69, 9.17) is 0 Å². The van der Waals surface area contributed by atoms with Crippen LogP contribution < -0.4 is 4.31 Å². The number of fused-ring (bicyclic) bond motifs is 1. The van der Waals surface area contributed by atoms with Gasteiger partial charge in [0.25, 0.3) is 0 Å². The van der Waals surface area contributed by atoms with Crippen LogP contribution in [0, 0.1) is 5.82 Å². The third-order valence-electron chi connectivity index (χ3n) is 2.43. The van der Waals surface area contributed by atoms with Crippen molar-refractivity contribution in [3.63, 3.8) is 0 Å². The highest BCUT2D eigenvalue weighted by Gasteiger charge is 2.42. The summed E-state index contributed by atoms with van der Waals surface area (Å²) in [4.78, 5) is 0. The van der Waals surface area contributed by atoms with Crippen LogP contribution in [0.5, 0.6) is 0 Å². The smallest absolute Gasteiger partial charge is 0.260 e. The van der Waals surface area contributed by atoms with Crippen molar-refractivity contribution in [3.8, 4) is 0 Å². The fraction of sp³-hybridized carbons (Fsp3) is 0.333. The Morgan fingerprint density at radius 1 is 1.33 bits per heavy atom. The second-order valence-electron chi connectivity index (χ2n) is 3.74. The summed E-state index contributed by atoms with van der Waals surface area (Å²) in [5, 5.41) is 0. The van der Waals surface area contributed by atoms with E-state index in [1.807, 2.05) is 0 Å². The predicted octanol–water partition coefficient (Wildman–Crippen LogP) is 2.80. The van der Waals surface area contributed by atoms with Crippen LogP contribution in [0.15, 0.2) is 16.6 Å². The van der Waals surface area contributed by atoms with E-state index in [1.165, 1.54) is 6.07 Å². The Morgan fingerprint density at radius 2 is 1.94 bits per heavy atom. The van der Waals surface area contributed by atoms with Crippen LogP contribution in [-0.4, -0.2) is 21.1 Å². The second kappa shape index (κ2) is 4.09. The van der Waals surface area contributed by atoms with Gasteiger partial charge in [-0.05, 0) is 28.1 Å². The van der Waals surface area contributed by atoms with E-state index in [9.17, 15) is 26.0 Å². The van der Waals surface area contributed by atoms with Gasteiger partial charge in [-0.25, -0.2) is 12.8 Å². The van der Waals surface area contributed by atoms with Crippen molar-refractivity contribution >= 4 is 31.6 Å². The molecule has 18 heavy (non-hydrogen) atoms. The summed E-state index contributed by atoms with van der Waals surface area (Å²) < 4.78 is 74.0. The first-order valence-electron chi connectivity index (χ1n) is 4.66. The molecule has 0 aliphatic carbocycles. The molecule has 0 spiro atoms. The first-order valence-corrected chi connectivity index (χ1v) is 7.06. The number of alkyl halides is 3. The molecule has 0 fully saturated rings. The molecule has 1 aromatic rings. The third kappa shape index (κ3) is 2.33. The largest absolute Gasteiger partial charge is 0.407 e. The molecule has 3 nitrogen and oxygen atoms in total. The number of halogens is 5. The minimum absolute atomic E-state index is 0.0188. The Kier molecular flexibility index (Phi) is 3.09. The summed E-state index contributed by atoms with van der Waals surface area (Å²) in [6, 6.07) is 2.33. The van der Waals surface area contributed by atoms with Crippen LogP contribution in [0.2, 0.25) is 0 Å². The summed E-state index contributed by atoms with van der Waals surface area (Å²) in [5.41, 5.74) is -0.498. The van der Waals surface area contributed by atoms with Crippen molar-refractivity contribution in [2.24, 2.45) is 0 Å². The van der Waals surface area contributed by atoms with E-state index < -0.39 is 34.3 Å². The van der Waals surface area contributed by atoms with Gasteiger partial charge in [0.1, 0.15) is 12.4 Å². The predicted molar refractivity (Wildman–Crippen MR) is 60.1 cm³/mol. The molecule has 0 saturated heterocycles. The maximum absolute atomic E-state index is 13.6. The molecule has 0 aromatic heterocycles. The Morgan fingerprint density at radius 3 is 2.50 bits per heavy atom. The highest BCUT2D eigenvalue weighted by atomic mass is 79.9. The van der Waals surface area contributed by atoms with Crippen molar-refractivity contribution in [3.05, 3.63) is 28.0 Å². The SMILES string of the molecule is O=S1(=O)Cc2c(ccc(Br)c2F)N1CC(F)(F)F. The number of sulfonamides is 1. The maximum Gasteiger partial charge on any atom is 0.407 e. The maximum atomic E-state index is 13.6. The minimum Gasteiger partial charge on any atom is -0.260 e. The van der Waals surface area contributed by atoms with E-state index in [1.54, 1.807) is 0 Å². The van der Waals surface area contributed by atoms with Gasteiger partial charge in [0, 0.05) is 5.56 Å². The fourth-order valence-electron chi connectivity index (χ4n) is 1.71. The topological polar surface area (TPSA) is 37.4 Å². The number of rotatable bonds is 1. The lowest BCUT2D eigenvalue weighted by Crippen LogP contribution is -2.36. The van der Waals surface area contributed by atoms with Crippen LogP contribution >= 0.6 is 15.9 Å². The van der Waals surface area contributed by atoms with Gasteiger partial charge in [0.05, 0.1) is 15.9 Å². The summed E-state index contributed by atoms with van der Waals surface area (Å²) in [6.07, 6.45) is -4.68. The van der Waals surface area contributed by atoms with E-state index in [2.05, 4.69) is 15.9 Å². The van der Waals surface area contributed by atoms with E-state index in [0.717, 1.165) is 6.07 Å². The number of hydrogen-bond acceptors (Lipinski definition) is 2. The van der Waals surface area contributed by atoms with Gasteiger partial charge in [-0.2, -0.15) is 13.2 Å². The molecule has 1 aliphatic rings. The Hall–Kier alpha value is -0.830. The van der Waals surface area contributed by atoms with Gasteiger partial charge in [0.15, 0.2) is 0 Å².